The minimum atomic E-state index is 0.402. The van der Waals surface area contributed by atoms with Crippen molar-refractivity contribution in [3.8, 4) is 0 Å². The maximum atomic E-state index is 3.69. The number of rotatable bonds is 2. The minimum absolute atomic E-state index is 0.402. The van der Waals surface area contributed by atoms with E-state index in [1.807, 2.05) is 0 Å². The van der Waals surface area contributed by atoms with Gasteiger partial charge >= 0.3 is 0 Å². The predicted molar refractivity (Wildman–Crippen MR) is 54.2 cm³/mol. The van der Waals surface area contributed by atoms with E-state index in [2.05, 4.69) is 39.9 Å². The molecule has 1 unspecified atom stereocenters. The van der Waals surface area contributed by atoms with Crippen molar-refractivity contribution >= 4 is 0 Å². The van der Waals surface area contributed by atoms with Crippen LogP contribution in [0.3, 0.4) is 0 Å². The highest BCUT2D eigenvalue weighted by molar-refractivity contribution is 4.87. The van der Waals surface area contributed by atoms with Crippen LogP contribution in [-0.2, 0) is 0 Å². The highest BCUT2D eigenvalue weighted by Gasteiger charge is 2.29. The van der Waals surface area contributed by atoms with Gasteiger partial charge in [-0.25, -0.2) is 0 Å². The maximum Gasteiger partial charge on any atom is 0.00898 e. The molecule has 0 saturated heterocycles. The molecule has 1 fully saturated rings. The number of nitrogens with one attached hydrogen (secondary N) is 1. The lowest BCUT2D eigenvalue weighted by Gasteiger charge is -2.39. The fraction of sp³-hybridized carbons (Fsp3) is 1.00. The lowest BCUT2D eigenvalue weighted by molar-refractivity contribution is 0.179. The van der Waals surface area contributed by atoms with Gasteiger partial charge in [-0.05, 0) is 31.1 Å². The second-order valence-electron chi connectivity index (χ2n) is 5.53. The Bertz CT molecular complexity index is 140. The van der Waals surface area contributed by atoms with E-state index in [1.54, 1.807) is 0 Å². The lowest BCUT2D eigenvalue weighted by Crippen LogP contribution is -2.49. The molecule has 0 aromatic heterocycles. The fourth-order valence-electron chi connectivity index (χ4n) is 1.64. The van der Waals surface area contributed by atoms with E-state index < -0.39 is 0 Å². The molecule has 0 spiro atoms. The summed E-state index contributed by atoms with van der Waals surface area (Å²) in [4.78, 5) is 0. The molecular weight excluding hydrogens is 146 g/mol. The first-order chi connectivity index (χ1) is 5.39. The van der Waals surface area contributed by atoms with Crippen LogP contribution in [0.2, 0.25) is 0 Å². The molecule has 0 aromatic rings. The first-order valence-corrected chi connectivity index (χ1v) is 5.15. The summed E-state index contributed by atoms with van der Waals surface area (Å²) in [6.45, 7) is 11.5. The summed E-state index contributed by atoms with van der Waals surface area (Å²) >= 11 is 0. The topological polar surface area (TPSA) is 12.0 Å². The summed E-state index contributed by atoms with van der Waals surface area (Å²) < 4.78 is 0. The summed E-state index contributed by atoms with van der Waals surface area (Å²) in [5.74, 6) is 0.953. The van der Waals surface area contributed by atoms with Gasteiger partial charge in [-0.15, -0.1) is 0 Å². The SMILES string of the molecule is CC1CC(NC(C)C(C)(C)C)C1. The molecule has 1 rings (SSSR count). The molecule has 1 heteroatoms. The summed E-state index contributed by atoms with van der Waals surface area (Å²) in [6.07, 6.45) is 2.75. The quantitative estimate of drug-likeness (QED) is 0.670. The van der Waals surface area contributed by atoms with Crippen molar-refractivity contribution in [3.05, 3.63) is 0 Å². The smallest absolute Gasteiger partial charge is 0.00898 e. The Morgan fingerprint density at radius 1 is 1.25 bits per heavy atom. The Kier molecular flexibility index (Phi) is 2.82. The number of hydrogen-bond acceptors (Lipinski definition) is 1. The van der Waals surface area contributed by atoms with E-state index in [0.717, 1.165) is 12.0 Å². The van der Waals surface area contributed by atoms with E-state index in [0.29, 0.717) is 11.5 Å². The predicted octanol–water partition coefficient (Wildman–Crippen LogP) is 2.81. The average molecular weight is 169 g/mol. The van der Waals surface area contributed by atoms with Gasteiger partial charge in [-0.1, -0.05) is 27.7 Å². The van der Waals surface area contributed by atoms with Crippen LogP contribution in [0.1, 0.15) is 47.5 Å². The normalized spacial score (nSPS) is 32.8. The van der Waals surface area contributed by atoms with Crippen molar-refractivity contribution < 1.29 is 0 Å². The summed E-state index contributed by atoms with van der Waals surface area (Å²) in [5, 5.41) is 3.69. The summed E-state index contributed by atoms with van der Waals surface area (Å²) in [5.41, 5.74) is 0.402. The van der Waals surface area contributed by atoms with Gasteiger partial charge in [-0.2, -0.15) is 0 Å². The van der Waals surface area contributed by atoms with E-state index in [9.17, 15) is 0 Å². The standard InChI is InChI=1S/C11H23N/c1-8-6-10(7-8)12-9(2)11(3,4)5/h8-10,12H,6-7H2,1-5H3. The Morgan fingerprint density at radius 2 is 1.75 bits per heavy atom. The van der Waals surface area contributed by atoms with Crippen molar-refractivity contribution in [3.63, 3.8) is 0 Å². The van der Waals surface area contributed by atoms with Gasteiger partial charge < -0.3 is 5.32 Å². The molecular formula is C11H23N. The molecule has 1 aliphatic rings. The zero-order valence-corrected chi connectivity index (χ0v) is 9.15. The third-order valence-corrected chi connectivity index (χ3v) is 3.16. The van der Waals surface area contributed by atoms with Crippen LogP contribution < -0.4 is 5.32 Å². The highest BCUT2D eigenvalue weighted by atomic mass is 15.0. The maximum absolute atomic E-state index is 3.69. The van der Waals surface area contributed by atoms with Gasteiger partial charge in [-0.3, -0.25) is 0 Å². The molecule has 1 N–H and O–H groups in total. The highest BCUT2D eigenvalue weighted by Crippen LogP contribution is 2.29. The van der Waals surface area contributed by atoms with Gasteiger partial charge in [0.1, 0.15) is 0 Å². The van der Waals surface area contributed by atoms with E-state index in [4.69, 9.17) is 0 Å². The third kappa shape index (κ3) is 2.48. The van der Waals surface area contributed by atoms with Crippen LogP contribution in [-0.4, -0.2) is 12.1 Å². The van der Waals surface area contributed by atoms with Crippen molar-refractivity contribution in [2.75, 3.05) is 0 Å². The Labute approximate surface area is 76.9 Å². The molecule has 0 aromatic carbocycles. The van der Waals surface area contributed by atoms with E-state index >= 15 is 0 Å². The van der Waals surface area contributed by atoms with Crippen molar-refractivity contribution in [2.24, 2.45) is 11.3 Å². The zero-order valence-electron chi connectivity index (χ0n) is 9.15. The molecule has 1 nitrogen and oxygen atoms in total. The van der Waals surface area contributed by atoms with Gasteiger partial charge in [0.15, 0.2) is 0 Å². The molecule has 12 heavy (non-hydrogen) atoms. The van der Waals surface area contributed by atoms with Crippen LogP contribution in [0.15, 0.2) is 0 Å². The van der Waals surface area contributed by atoms with Crippen LogP contribution in [0.25, 0.3) is 0 Å². The third-order valence-electron chi connectivity index (χ3n) is 3.16. The largest absolute Gasteiger partial charge is 0.311 e. The molecule has 0 aliphatic heterocycles. The Hall–Kier alpha value is -0.0400. The van der Waals surface area contributed by atoms with Crippen molar-refractivity contribution in [1.29, 1.82) is 0 Å². The Balaban J connectivity index is 2.23. The average Bonchev–Trinajstić information content (AvgIpc) is 1.82. The molecule has 72 valence electrons. The summed E-state index contributed by atoms with van der Waals surface area (Å²) in [7, 11) is 0. The Morgan fingerprint density at radius 3 is 2.08 bits per heavy atom. The minimum Gasteiger partial charge on any atom is -0.311 e. The van der Waals surface area contributed by atoms with Crippen LogP contribution in [0, 0.1) is 11.3 Å². The van der Waals surface area contributed by atoms with Crippen molar-refractivity contribution in [1.82, 2.24) is 5.32 Å². The van der Waals surface area contributed by atoms with Gasteiger partial charge in [0.05, 0.1) is 0 Å². The number of hydrogen-bond donors (Lipinski definition) is 1. The molecule has 0 radical (unpaired) electrons. The summed E-state index contributed by atoms with van der Waals surface area (Å²) in [6, 6.07) is 1.43. The van der Waals surface area contributed by atoms with Crippen LogP contribution in [0.5, 0.6) is 0 Å². The molecule has 0 bridgehead atoms. The lowest BCUT2D eigenvalue weighted by atomic mass is 9.79. The van der Waals surface area contributed by atoms with Gasteiger partial charge in [0.2, 0.25) is 0 Å². The second kappa shape index (κ2) is 3.37. The monoisotopic (exact) mass is 169 g/mol. The molecule has 1 aliphatic carbocycles. The fourth-order valence-corrected chi connectivity index (χ4v) is 1.64. The van der Waals surface area contributed by atoms with E-state index in [-0.39, 0.29) is 0 Å². The molecule has 1 saturated carbocycles. The zero-order chi connectivity index (χ0) is 9.35. The second-order valence-corrected chi connectivity index (χ2v) is 5.53. The van der Waals surface area contributed by atoms with Gasteiger partial charge in [0.25, 0.3) is 0 Å². The molecule has 1 atom stereocenters. The first-order valence-electron chi connectivity index (χ1n) is 5.15. The molecule has 0 heterocycles. The molecule has 0 amide bonds. The van der Waals surface area contributed by atoms with Crippen LogP contribution in [0.4, 0.5) is 0 Å². The first kappa shape index (κ1) is 10.0. The van der Waals surface area contributed by atoms with Crippen molar-refractivity contribution in [2.45, 2.75) is 59.5 Å². The van der Waals surface area contributed by atoms with Crippen LogP contribution >= 0.6 is 0 Å². The van der Waals surface area contributed by atoms with E-state index in [1.165, 1.54) is 12.8 Å². The van der Waals surface area contributed by atoms with Gasteiger partial charge in [0, 0.05) is 12.1 Å².